The van der Waals surface area contributed by atoms with E-state index in [0.29, 0.717) is 16.6 Å². The number of rotatable bonds is 7. The Morgan fingerprint density at radius 1 is 0.857 bits per heavy atom. The third-order valence-corrected chi connectivity index (χ3v) is 6.49. The van der Waals surface area contributed by atoms with E-state index in [1.54, 1.807) is 27.5 Å². The Morgan fingerprint density at radius 3 is 2.31 bits per heavy atom. The molecular formula is C27H26N4O3S. The van der Waals surface area contributed by atoms with Crippen molar-refractivity contribution >= 4 is 23.0 Å². The summed E-state index contributed by atoms with van der Waals surface area (Å²) in [5.74, 6) is 2.22. The average molecular weight is 487 g/mol. The molecule has 0 aliphatic carbocycles. The lowest BCUT2D eigenvalue weighted by atomic mass is 10.0. The summed E-state index contributed by atoms with van der Waals surface area (Å²) in [5.41, 5.74) is 3.77. The van der Waals surface area contributed by atoms with Gasteiger partial charge in [0.2, 0.25) is 0 Å². The van der Waals surface area contributed by atoms with E-state index in [0.717, 1.165) is 28.5 Å². The third-order valence-electron chi connectivity index (χ3n) is 6.18. The monoisotopic (exact) mass is 486 g/mol. The van der Waals surface area contributed by atoms with Crippen LogP contribution in [0.4, 0.5) is 5.69 Å². The van der Waals surface area contributed by atoms with Crippen molar-refractivity contribution in [2.45, 2.75) is 12.1 Å². The molecule has 3 heterocycles. The first-order valence-electron chi connectivity index (χ1n) is 11.2. The Kier molecular flexibility index (Phi) is 6.29. The molecule has 1 N–H and O–H groups in total. The molecular weight excluding hydrogens is 460 g/mol. The molecule has 0 radical (unpaired) electrons. The molecule has 0 bridgehead atoms. The van der Waals surface area contributed by atoms with Crippen LogP contribution in [0.3, 0.4) is 0 Å². The molecule has 0 spiro atoms. The van der Waals surface area contributed by atoms with Gasteiger partial charge in [-0.1, -0.05) is 6.07 Å². The number of hydrogen-bond donors (Lipinski definition) is 1. The zero-order valence-electron chi connectivity index (χ0n) is 19.7. The van der Waals surface area contributed by atoms with E-state index in [4.69, 9.17) is 26.4 Å². The third kappa shape index (κ3) is 4.17. The fourth-order valence-corrected chi connectivity index (χ4v) is 4.85. The van der Waals surface area contributed by atoms with Crippen molar-refractivity contribution in [3.8, 4) is 22.9 Å². The van der Waals surface area contributed by atoms with E-state index in [2.05, 4.69) is 32.0 Å². The van der Waals surface area contributed by atoms with Crippen molar-refractivity contribution in [1.29, 1.82) is 0 Å². The fraction of sp³-hybridized carbons (Fsp3) is 0.185. The number of nitrogens with zero attached hydrogens (tertiary/aromatic N) is 3. The molecule has 4 aromatic rings. The molecule has 0 saturated carbocycles. The lowest BCUT2D eigenvalue weighted by Crippen LogP contribution is -2.30. The summed E-state index contributed by atoms with van der Waals surface area (Å²) in [4.78, 5) is 6.74. The molecule has 0 amide bonds. The number of ether oxygens (including phenoxy) is 3. The molecule has 1 fully saturated rings. The Hall–Kier alpha value is -4.04. The summed E-state index contributed by atoms with van der Waals surface area (Å²) in [6.07, 6.45) is 3.85. The Morgan fingerprint density at radius 2 is 1.63 bits per heavy atom. The van der Waals surface area contributed by atoms with Crippen molar-refractivity contribution in [2.75, 3.05) is 26.2 Å². The van der Waals surface area contributed by atoms with Gasteiger partial charge in [0.25, 0.3) is 0 Å². The van der Waals surface area contributed by atoms with Crippen LogP contribution in [0.5, 0.6) is 17.2 Å². The van der Waals surface area contributed by atoms with Gasteiger partial charge in [-0.05, 0) is 72.9 Å². The second-order valence-electron chi connectivity index (χ2n) is 8.04. The number of hydrogen-bond acceptors (Lipinski definition) is 5. The first kappa shape index (κ1) is 22.7. The quantitative estimate of drug-likeness (QED) is 0.366. The number of thiocarbonyl (C=S) groups is 1. The fourth-order valence-electron chi connectivity index (χ4n) is 4.51. The van der Waals surface area contributed by atoms with E-state index in [9.17, 15) is 0 Å². The predicted molar refractivity (Wildman–Crippen MR) is 140 cm³/mol. The van der Waals surface area contributed by atoms with E-state index < -0.39 is 0 Å². The average Bonchev–Trinajstić information content (AvgIpc) is 3.53. The highest BCUT2D eigenvalue weighted by Crippen LogP contribution is 2.46. The Balaban J connectivity index is 1.68. The van der Waals surface area contributed by atoms with Crippen molar-refractivity contribution in [1.82, 2.24) is 14.9 Å². The second kappa shape index (κ2) is 9.68. The molecule has 178 valence electrons. The van der Waals surface area contributed by atoms with Crippen LogP contribution in [0.1, 0.15) is 23.5 Å². The van der Waals surface area contributed by atoms with Gasteiger partial charge in [0.1, 0.15) is 23.3 Å². The SMILES string of the molecule is COc1ccc(-n2cccc2[C@@H]2[C@@H](c3ccccn3)NC(=S)N2c2cc(OC)ccc2OC)cc1. The van der Waals surface area contributed by atoms with Crippen molar-refractivity contribution in [3.05, 3.63) is 96.6 Å². The van der Waals surface area contributed by atoms with Crippen LogP contribution in [-0.4, -0.2) is 36.0 Å². The number of nitrogens with one attached hydrogen (secondary N) is 1. The minimum absolute atomic E-state index is 0.188. The maximum Gasteiger partial charge on any atom is 0.174 e. The van der Waals surface area contributed by atoms with Gasteiger partial charge in [-0.2, -0.15) is 0 Å². The molecule has 7 nitrogen and oxygen atoms in total. The smallest absolute Gasteiger partial charge is 0.174 e. The molecule has 0 unspecified atom stereocenters. The number of methoxy groups -OCH3 is 3. The highest BCUT2D eigenvalue weighted by Gasteiger charge is 2.43. The van der Waals surface area contributed by atoms with Crippen LogP contribution in [0.2, 0.25) is 0 Å². The Bertz CT molecular complexity index is 1320. The molecule has 1 aliphatic heterocycles. The van der Waals surface area contributed by atoms with Gasteiger partial charge in [-0.15, -0.1) is 0 Å². The van der Waals surface area contributed by atoms with Crippen LogP contribution in [0, 0.1) is 0 Å². The molecule has 1 aliphatic rings. The molecule has 1 saturated heterocycles. The summed E-state index contributed by atoms with van der Waals surface area (Å²) < 4.78 is 18.8. The van der Waals surface area contributed by atoms with Crippen LogP contribution >= 0.6 is 12.2 Å². The highest BCUT2D eigenvalue weighted by atomic mass is 32.1. The van der Waals surface area contributed by atoms with Crippen molar-refractivity contribution in [2.24, 2.45) is 0 Å². The van der Waals surface area contributed by atoms with Gasteiger partial charge in [-0.25, -0.2) is 0 Å². The van der Waals surface area contributed by atoms with Crippen LogP contribution < -0.4 is 24.4 Å². The van der Waals surface area contributed by atoms with Gasteiger partial charge < -0.3 is 29.0 Å². The van der Waals surface area contributed by atoms with E-state index in [-0.39, 0.29) is 12.1 Å². The van der Waals surface area contributed by atoms with Gasteiger partial charge in [0, 0.05) is 29.8 Å². The molecule has 2 aromatic carbocycles. The summed E-state index contributed by atoms with van der Waals surface area (Å²) in [7, 11) is 4.97. The minimum Gasteiger partial charge on any atom is -0.497 e. The number of benzene rings is 2. The first-order chi connectivity index (χ1) is 17.1. The number of pyridine rings is 1. The van der Waals surface area contributed by atoms with Gasteiger partial charge in [-0.3, -0.25) is 4.98 Å². The molecule has 35 heavy (non-hydrogen) atoms. The summed E-state index contributed by atoms with van der Waals surface area (Å²) in [5, 5.41) is 4.09. The first-order valence-corrected chi connectivity index (χ1v) is 11.6. The zero-order valence-corrected chi connectivity index (χ0v) is 20.5. The standard InChI is InChI=1S/C27H26N4O3S/c1-32-19-11-9-18(10-12-19)30-16-6-8-22(30)26-25(21-7-4-5-15-28-21)29-27(35)31(26)23-17-20(33-2)13-14-24(23)34-3/h4-17,25-26H,1-3H3,(H,29,35)/t25-,26-/m1/s1. The van der Waals surface area contributed by atoms with Crippen molar-refractivity contribution < 1.29 is 14.2 Å². The molecule has 2 aromatic heterocycles. The lowest BCUT2D eigenvalue weighted by molar-refractivity contribution is 0.402. The maximum absolute atomic E-state index is 5.90. The topological polar surface area (TPSA) is 60.8 Å². The largest absolute Gasteiger partial charge is 0.497 e. The predicted octanol–water partition coefficient (Wildman–Crippen LogP) is 5.08. The van der Waals surface area contributed by atoms with Crippen molar-refractivity contribution in [3.63, 3.8) is 0 Å². The number of anilines is 1. The maximum atomic E-state index is 5.90. The summed E-state index contributed by atoms with van der Waals surface area (Å²) >= 11 is 5.90. The molecule has 5 rings (SSSR count). The second-order valence-corrected chi connectivity index (χ2v) is 8.42. The molecule has 8 heteroatoms. The number of aromatic nitrogens is 2. The van der Waals surface area contributed by atoms with E-state index in [1.165, 1.54) is 0 Å². The lowest BCUT2D eigenvalue weighted by Gasteiger charge is -2.30. The summed E-state index contributed by atoms with van der Waals surface area (Å²) in [6.45, 7) is 0. The normalized spacial score (nSPS) is 17.2. The van der Waals surface area contributed by atoms with Crippen LogP contribution in [0.25, 0.3) is 5.69 Å². The van der Waals surface area contributed by atoms with E-state index in [1.807, 2.05) is 66.7 Å². The highest BCUT2D eigenvalue weighted by molar-refractivity contribution is 7.80. The van der Waals surface area contributed by atoms with E-state index >= 15 is 0 Å². The Labute approximate surface area is 209 Å². The van der Waals surface area contributed by atoms with Gasteiger partial charge >= 0.3 is 0 Å². The molecule has 2 atom stereocenters. The zero-order chi connectivity index (χ0) is 24.4. The van der Waals surface area contributed by atoms with Crippen LogP contribution in [-0.2, 0) is 0 Å². The van der Waals surface area contributed by atoms with Gasteiger partial charge in [0.15, 0.2) is 5.11 Å². The summed E-state index contributed by atoms with van der Waals surface area (Å²) in [6, 6.07) is 23.4. The van der Waals surface area contributed by atoms with Gasteiger partial charge in [0.05, 0.1) is 38.8 Å². The minimum atomic E-state index is -0.212. The van der Waals surface area contributed by atoms with Crippen LogP contribution in [0.15, 0.2) is 85.2 Å².